The number of rotatable bonds is 1. The van der Waals surface area contributed by atoms with Crippen LogP contribution in [0.25, 0.3) is 0 Å². The number of nitrogens with one attached hydrogen (secondary N) is 1. The average Bonchev–Trinajstić information content (AvgIpc) is 2.64. The summed E-state index contributed by atoms with van der Waals surface area (Å²) in [7, 11) is 0. The third-order valence-corrected chi connectivity index (χ3v) is 3.45. The third kappa shape index (κ3) is 1.75. The summed E-state index contributed by atoms with van der Waals surface area (Å²) in [4.78, 5) is 14.9. The second-order valence-electron chi connectivity index (χ2n) is 3.38. The normalized spacial score (nSPS) is 15.1. The van der Waals surface area contributed by atoms with Gasteiger partial charge in [-0.1, -0.05) is 0 Å². The number of urea groups is 1. The molecule has 1 aromatic heterocycles. The highest BCUT2D eigenvalue weighted by molar-refractivity contribution is 7.10. The first-order chi connectivity index (χ1) is 6.81. The van der Waals surface area contributed by atoms with Gasteiger partial charge >= 0.3 is 6.03 Å². The van der Waals surface area contributed by atoms with Crippen molar-refractivity contribution in [3.8, 4) is 0 Å². The fraction of sp³-hybridized carbons (Fsp3) is 0.500. The Morgan fingerprint density at radius 1 is 1.71 bits per heavy atom. The molecule has 0 fully saturated rings. The summed E-state index contributed by atoms with van der Waals surface area (Å²) in [6.45, 7) is 4.26. The van der Waals surface area contributed by atoms with Gasteiger partial charge in [-0.25, -0.2) is 4.79 Å². The summed E-state index contributed by atoms with van der Waals surface area (Å²) in [5.74, 6) is 0. The van der Waals surface area contributed by atoms with Crippen LogP contribution in [0.2, 0.25) is 0 Å². The minimum Gasteiger partial charge on any atom is -0.338 e. The largest absolute Gasteiger partial charge is 0.338 e. The average molecular weight is 210 g/mol. The summed E-state index contributed by atoms with van der Waals surface area (Å²) in [5, 5.41) is 4.93. The van der Waals surface area contributed by atoms with Crippen molar-refractivity contribution < 1.29 is 4.79 Å². The van der Waals surface area contributed by atoms with Crippen LogP contribution in [-0.2, 0) is 13.0 Å². The minimum atomic E-state index is 0.0596. The van der Waals surface area contributed by atoms with Crippen molar-refractivity contribution in [3.05, 3.63) is 21.9 Å². The summed E-state index contributed by atoms with van der Waals surface area (Å²) in [6.07, 6.45) is 1.00. The van der Waals surface area contributed by atoms with E-state index in [1.54, 1.807) is 11.3 Å². The second kappa shape index (κ2) is 4.00. The van der Waals surface area contributed by atoms with Crippen LogP contribution in [0.1, 0.15) is 17.4 Å². The van der Waals surface area contributed by atoms with Gasteiger partial charge in [-0.05, 0) is 30.4 Å². The SMILES string of the molecule is CCNC(=O)N1CCc2sccc2C1. The lowest BCUT2D eigenvalue weighted by Gasteiger charge is -2.26. The van der Waals surface area contributed by atoms with E-state index in [0.29, 0.717) is 6.54 Å². The van der Waals surface area contributed by atoms with Gasteiger partial charge < -0.3 is 10.2 Å². The molecule has 14 heavy (non-hydrogen) atoms. The predicted octanol–water partition coefficient (Wildman–Crippen LogP) is 1.84. The number of hydrogen-bond acceptors (Lipinski definition) is 2. The first-order valence-corrected chi connectivity index (χ1v) is 5.77. The van der Waals surface area contributed by atoms with Crippen LogP contribution in [-0.4, -0.2) is 24.0 Å². The molecule has 0 radical (unpaired) electrons. The molecule has 76 valence electrons. The zero-order chi connectivity index (χ0) is 9.97. The topological polar surface area (TPSA) is 32.3 Å². The van der Waals surface area contributed by atoms with Gasteiger partial charge in [0.2, 0.25) is 0 Å². The number of carbonyl (C=O) groups excluding carboxylic acids is 1. The van der Waals surface area contributed by atoms with Gasteiger partial charge in [-0.2, -0.15) is 0 Å². The zero-order valence-corrected chi connectivity index (χ0v) is 9.06. The smallest absolute Gasteiger partial charge is 0.317 e. The van der Waals surface area contributed by atoms with Crippen molar-refractivity contribution >= 4 is 17.4 Å². The van der Waals surface area contributed by atoms with Crippen LogP contribution in [0, 0.1) is 0 Å². The molecule has 0 unspecified atom stereocenters. The lowest BCUT2D eigenvalue weighted by molar-refractivity contribution is 0.193. The number of hydrogen-bond donors (Lipinski definition) is 1. The summed E-state index contributed by atoms with van der Waals surface area (Å²) >= 11 is 1.79. The monoisotopic (exact) mass is 210 g/mol. The molecule has 2 rings (SSSR count). The quantitative estimate of drug-likeness (QED) is 0.753. The van der Waals surface area contributed by atoms with Crippen LogP contribution in [0.15, 0.2) is 11.4 Å². The van der Waals surface area contributed by atoms with E-state index in [-0.39, 0.29) is 6.03 Å². The lowest BCUT2D eigenvalue weighted by atomic mass is 10.1. The maximum Gasteiger partial charge on any atom is 0.317 e. The van der Waals surface area contributed by atoms with Crippen LogP contribution >= 0.6 is 11.3 Å². The molecule has 3 nitrogen and oxygen atoms in total. The van der Waals surface area contributed by atoms with Gasteiger partial charge in [-0.3, -0.25) is 0 Å². The van der Waals surface area contributed by atoms with E-state index in [0.717, 1.165) is 19.5 Å². The Morgan fingerprint density at radius 2 is 2.57 bits per heavy atom. The van der Waals surface area contributed by atoms with E-state index >= 15 is 0 Å². The van der Waals surface area contributed by atoms with Gasteiger partial charge in [0.15, 0.2) is 0 Å². The molecular weight excluding hydrogens is 196 g/mol. The highest BCUT2D eigenvalue weighted by Gasteiger charge is 2.20. The molecule has 2 amide bonds. The summed E-state index contributed by atoms with van der Waals surface area (Å²) < 4.78 is 0. The minimum absolute atomic E-state index is 0.0596. The Morgan fingerprint density at radius 3 is 3.36 bits per heavy atom. The van der Waals surface area contributed by atoms with Gasteiger partial charge in [0.25, 0.3) is 0 Å². The molecule has 0 atom stereocenters. The summed E-state index contributed by atoms with van der Waals surface area (Å²) in [6, 6.07) is 2.18. The Hall–Kier alpha value is -1.03. The van der Waals surface area contributed by atoms with E-state index < -0.39 is 0 Å². The molecular formula is C10H14N2OS. The number of carbonyl (C=O) groups is 1. The molecule has 0 bridgehead atoms. The lowest BCUT2D eigenvalue weighted by Crippen LogP contribution is -2.42. The number of fused-ring (bicyclic) bond motifs is 1. The van der Waals surface area contributed by atoms with Gasteiger partial charge in [0.1, 0.15) is 0 Å². The first-order valence-electron chi connectivity index (χ1n) is 4.89. The maximum atomic E-state index is 11.5. The highest BCUT2D eigenvalue weighted by Crippen LogP contribution is 2.23. The molecule has 1 aromatic rings. The Balaban J connectivity index is 2.04. The van der Waals surface area contributed by atoms with Crippen molar-refractivity contribution in [2.45, 2.75) is 19.9 Å². The Labute approximate surface area is 87.7 Å². The Bertz CT molecular complexity index is 335. The van der Waals surface area contributed by atoms with Gasteiger partial charge in [0.05, 0.1) is 0 Å². The molecule has 1 N–H and O–H groups in total. The highest BCUT2D eigenvalue weighted by atomic mass is 32.1. The molecule has 1 aliphatic rings. The molecule has 0 saturated heterocycles. The predicted molar refractivity (Wildman–Crippen MR) is 57.5 cm³/mol. The van der Waals surface area contributed by atoms with Crippen LogP contribution in [0.4, 0.5) is 4.79 Å². The first kappa shape index (κ1) is 9.52. The van der Waals surface area contributed by atoms with Crippen molar-refractivity contribution in [1.29, 1.82) is 0 Å². The van der Waals surface area contributed by atoms with Crippen LogP contribution < -0.4 is 5.32 Å². The maximum absolute atomic E-state index is 11.5. The molecule has 4 heteroatoms. The van der Waals surface area contributed by atoms with E-state index in [1.165, 1.54) is 10.4 Å². The second-order valence-corrected chi connectivity index (χ2v) is 4.38. The fourth-order valence-electron chi connectivity index (χ4n) is 1.68. The Kier molecular flexibility index (Phi) is 2.72. The van der Waals surface area contributed by atoms with Crippen molar-refractivity contribution in [2.24, 2.45) is 0 Å². The van der Waals surface area contributed by atoms with Gasteiger partial charge in [-0.15, -0.1) is 11.3 Å². The van der Waals surface area contributed by atoms with Crippen LogP contribution in [0.3, 0.4) is 0 Å². The molecule has 2 heterocycles. The number of thiophene rings is 1. The molecule has 1 aliphatic heterocycles. The van der Waals surface area contributed by atoms with Crippen molar-refractivity contribution in [2.75, 3.05) is 13.1 Å². The molecule has 0 spiro atoms. The standard InChI is InChI=1S/C10H14N2OS/c1-2-11-10(13)12-5-3-9-8(7-12)4-6-14-9/h4,6H,2-3,5,7H2,1H3,(H,11,13). The van der Waals surface area contributed by atoms with Crippen molar-refractivity contribution in [1.82, 2.24) is 10.2 Å². The zero-order valence-electron chi connectivity index (χ0n) is 8.25. The third-order valence-electron chi connectivity index (χ3n) is 2.42. The number of nitrogens with zero attached hydrogens (tertiary/aromatic N) is 1. The summed E-state index contributed by atoms with van der Waals surface area (Å²) in [5.41, 5.74) is 1.31. The fourth-order valence-corrected chi connectivity index (χ4v) is 2.57. The van der Waals surface area contributed by atoms with Gasteiger partial charge in [0, 0.05) is 24.5 Å². The molecule has 0 aromatic carbocycles. The van der Waals surface area contributed by atoms with E-state index in [1.807, 2.05) is 11.8 Å². The van der Waals surface area contributed by atoms with Crippen molar-refractivity contribution in [3.63, 3.8) is 0 Å². The van der Waals surface area contributed by atoms with Crippen LogP contribution in [0.5, 0.6) is 0 Å². The van der Waals surface area contributed by atoms with E-state index in [4.69, 9.17) is 0 Å². The number of amides is 2. The molecule has 0 saturated carbocycles. The van der Waals surface area contributed by atoms with E-state index in [9.17, 15) is 4.79 Å². The van der Waals surface area contributed by atoms with E-state index in [2.05, 4.69) is 16.8 Å². The molecule has 0 aliphatic carbocycles.